The van der Waals surface area contributed by atoms with Gasteiger partial charge in [-0.1, -0.05) is 29.5 Å². The van der Waals surface area contributed by atoms with Gasteiger partial charge in [0.15, 0.2) is 5.13 Å². The van der Waals surface area contributed by atoms with E-state index in [4.69, 9.17) is 9.47 Å². The third-order valence-corrected chi connectivity index (χ3v) is 7.29. The van der Waals surface area contributed by atoms with Crippen LogP contribution in [0.15, 0.2) is 72.3 Å². The average molecular weight is 529 g/mol. The number of aliphatic hydroxyl groups is 1. The maximum Gasteiger partial charge on any atom is 0.337 e. The third-order valence-electron chi connectivity index (χ3n) is 6.27. The van der Waals surface area contributed by atoms with E-state index < -0.39 is 23.7 Å². The summed E-state index contributed by atoms with van der Waals surface area (Å²) in [6.07, 6.45) is 0. The summed E-state index contributed by atoms with van der Waals surface area (Å²) in [5.74, 6) is -1.83. The molecule has 5 rings (SSSR count). The third kappa shape index (κ3) is 4.41. The number of nitrogens with zero attached hydrogens (tertiary/aromatic N) is 2. The van der Waals surface area contributed by atoms with E-state index in [2.05, 4.69) is 4.98 Å². The number of carbonyl (C=O) groups is 3. The monoisotopic (exact) mass is 528 g/mol. The van der Waals surface area contributed by atoms with Crippen molar-refractivity contribution in [2.45, 2.75) is 19.9 Å². The lowest BCUT2D eigenvalue weighted by Crippen LogP contribution is -2.29. The molecule has 0 aliphatic carbocycles. The molecule has 192 valence electrons. The highest BCUT2D eigenvalue weighted by Crippen LogP contribution is 2.44. The number of ether oxygens (including phenoxy) is 2. The second-order valence-electron chi connectivity index (χ2n) is 8.71. The maximum absolute atomic E-state index is 13.4. The van der Waals surface area contributed by atoms with Crippen LogP contribution in [0.4, 0.5) is 5.13 Å². The molecule has 0 spiro atoms. The first-order chi connectivity index (χ1) is 18.3. The van der Waals surface area contributed by atoms with Crippen LogP contribution in [0, 0.1) is 6.92 Å². The summed E-state index contributed by atoms with van der Waals surface area (Å²) in [7, 11) is 1.29. The Hall–Kier alpha value is -4.50. The molecule has 2 heterocycles. The lowest BCUT2D eigenvalue weighted by Gasteiger charge is -2.23. The van der Waals surface area contributed by atoms with Crippen molar-refractivity contribution in [1.29, 1.82) is 0 Å². The minimum Gasteiger partial charge on any atom is -0.507 e. The van der Waals surface area contributed by atoms with Gasteiger partial charge in [0.2, 0.25) is 0 Å². The van der Waals surface area contributed by atoms with Gasteiger partial charge < -0.3 is 14.6 Å². The van der Waals surface area contributed by atoms with Crippen LogP contribution in [0.5, 0.6) is 5.75 Å². The molecule has 1 aliphatic rings. The molecule has 1 saturated heterocycles. The lowest BCUT2D eigenvalue weighted by molar-refractivity contribution is -0.132. The van der Waals surface area contributed by atoms with Gasteiger partial charge in [0, 0.05) is 5.56 Å². The van der Waals surface area contributed by atoms with Gasteiger partial charge in [-0.2, -0.15) is 0 Å². The lowest BCUT2D eigenvalue weighted by atomic mass is 9.94. The van der Waals surface area contributed by atoms with Crippen LogP contribution < -0.4 is 9.64 Å². The number of aromatic nitrogens is 1. The number of hydrogen-bond acceptors (Lipinski definition) is 8. The predicted molar refractivity (Wildman–Crippen MR) is 145 cm³/mol. The Morgan fingerprint density at radius 3 is 2.37 bits per heavy atom. The summed E-state index contributed by atoms with van der Waals surface area (Å²) in [6, 6.07) is 17.8. The number of Topliss-reactive ketones (excluding diaryl/α,β-unsaturated/α-hetero) is 1. The number of hydrogen-bond donors (Lipinski definition) is 1. The van der Waals surface area contributed by atoms with Crippen molar-refractivity contribution in [3.8, 4) is 5.75 Å². The highest BCUT2D eigenvalue weighted by atomic mass is 32.1. The van der Waals surface area contributed by atoms with Crippen molar-refractivity contribution < 1.29 is 29.0 Å². The Balaban J connectivity index is 1.67. The van der Waals surface area contributed by atoms with E-state index in [1.165, 1.54) is 23.3 Å². The zero-order chi connectivity index (χ0) is 27.0. The molecule has 1 N–H and O–H groups in total. The number of esters is 1. The van der Waals surface area contributed by atoms with Crippen molar-refractivity contribution >= 4 is 50.1 Å². The zero-order valence-corrected chi connectivity index (χ0v) is 21.7. The molecule has 1 fully saturated rings. The Morgan fingerprint density at radius 2 is 1.71 bits per heavy atom. The first-order valence-corrected chi connectivity index (χ1v) is 12.7. The highest BCUT2D eigenvalue weighted by Gasteiger charge is 2.48. The van der Waals surface area contributed by atoms with Crippen LogP contribution in [0.25, 0.3) is 16.0 Å². The molecule has 9 heteroatoms. The summed E-state index contributed by atoms with van der Waals surface area (Å²) in [6.45, 7) is 4.31. The largest absolute Gasteiger partial charge is 0.507 e. The molecule has 0 radical (unpaired) electrons. The van der Waals surface area contributed by atoms with E-state index in [9.17, 15) is 19.5 Å². The van der Waals surface area contributed by atoms with Crippen LogP contribution in [0.2, 0.25) is 0 Å². The maximum atomic E-state index is 13.4. The minimum absolute atomic E-state index is 0.0691. The van der Waals surface area contributed by atoms with Crippen molar-refractivity contribution in [2.24, 2.45) is 0 Å². The average Bonchev–Trinajstić information content (AvgIpc) is 3.46. The first-order valence-electron chi connectivity index (χ1n) is 11.9. The molecule has 1 atom stereocenters. The number of aryl methyl sites for hydroxylation is 1. The molecule has 1 aromatic heterocycles. The number of amides is 1. The fraction of sp³-hybridized carbons (Fsp3) is 0.172. The van der Waals surface area contributed by atoms with E-state index in [0.717, 1.165) is 10.3 Å². The topological polar surface area (TPSA) is 106 Å². The van der Waals surface area contributed by atoms with Gasteiger partial charge >= 0.3 is 11.9 Å². The molecular weight excluding hydrogens is 504 g/mol. The molecular formula is C29H24N2O6S. The molecule has 1 aliphatic heterocycles. The van der Waals surface area contributed by atoms with Crippen LogP contribution in [0.1, 0.15) is 40.0 Å². The fourth-order valence-corrected chi connectivity index (χ4v) is 5.51. The first kappa shape index (κ1) is 25.2. The molecule has 0 bridgehead atoms. The number of benzene rings is 3. The quantitative estimate of drug-likeness (QED) is 0.154. The van der Waals surface area contributed by atoms with Gasteiger partial charge in [-0.15, -0.1) is 0 Å². The van der Waals surface area contributed by atoms with Crippen molar-refractivity contribution in [1.82, 2.24) is 4.98 Å². The number of methoxy groups -OCH3 is 1. The molecule has 8 nitrogen and oxygen atoms in total. The van der Waals surface area contributed by atoms with Crippen LogP contribution in [-0.4, -0.2) is 41.5 Å². The van der Waals surface area contributed by atoms with Crippen molar-refractivity contribution in [3.63, 3.8) is 0 Å². The number of rotatable bonds is 6. The Bertz CT molecular complexity index is 1590. The number of aliphatic hydroxyl groups excluding tert-OH is 1. The summed E-state index contributed by atoms with van der Waals surface area (Å²) in [4.78, 5) is 44.8. The number of ketones is 1. The van der Waals surface area contributed by atoms with E-state index in [1.54, 1.807) is 48.5 Å². The number of carbonyl (C=O) groups excluding carboxylic acids is 3. The Labute approximate surface area is 222 Å². The van der Waals surface area contributed by atoms with E-state index in [-0.39, 0.29) is 11.3 Å². The van der Waals surface area contributed by atoms with Gasteiger partial charge in [0.05, 0.1) is 41.1 Å². The van der Waals surface area contributed by atoms with Crippen LogP contribution in [0.3, 0.4) is 0 Å². The normalized spacial score (nSPS) is 16.7. The van der Waals surface area contributed by atoms with Gasteiger partial charge in [-0.05, 0) is 73.5 Å². The zero-order valence-electron chi connectivity index (χ0n) is 20.9. The summed E-state index contributed by atoms with van der Waals surface area (Å²) >= 11 is 1.29. The van der Waals surface area contributed by atoms with Crippen LogP contribution >= 0.6 is 11.3 Å². The van der Waals surface area contributed by atoms with Gasteiger partial charge in [-0.3, -0.25) is 14.5 Å². The summed E-state index contributed by atoms with van der Waals surface area (Å²) in [5, 5.41) is 11.7. The van der Waals surface area contributed by atoms with Gasteiger partial charge in [0.25, 0.3) is 5.78 Å². The van der Waals surface area contributed by atoms with Crippen molar-refractivity contribution in [3.05, 3.63) is 94.6 Å². The van der Waals surface area contributed by atoms with Crippen molar-refractivity contribution in [2.75, 3.05) is 18.6 Å². The van der Waals surface area contributed by atoms with Gasteiger partial charge in [0.1, 0.15) is 11.5 Å². The number of fused-ring (bicyclic) bond motifs is 1. The molecule has 38 heavy (non-hydrogen) atoms. The highest BCUT2D eigenvalue weighted by molar-refractivity contribution is 7.22. The predicted octanol–water partition coefficient (Wildman–Crippen LogP) is 5.42. The Morgan fingerprint density at radius 1 is 1.03 bits per heavy atom. The minimum atomic E-state index is -0.963. The molecule has 1 amide bonds. The van der Waals surface area contributed by atoms with Gasteiger partial charge in [-0.25, -0.2) is 9.78 Å². The molecule has 4 aromatic rings. The SMILES string of the molecule is CCOc1ccc(/C(O)=C2\C(=O)C(=O)N(c3nc4ccc(C)cc4s3)C2c2ccc(C(=O)OC)cc2)cc1. The van der Waals surface area contributed by atoms with E-state index in [1.807, 2.05) is 32.0 Å². The second kappa shape index (κ2) is 10.1. The van der Waals surface area contributed by atoms with Crippen LogP contribution in [-0.2, 0) is 14.3 Å². The van der Waals surface area contributed by atoms with E-state index in [0.29, 0.717) is 39.7 Å². The molecule has 3 aromatic carbocycles. The Kier molecular flexibility index (Phi) is 6.69. The van der Waals surface area contributed by atoms with E-state index >= 15 is 0 Å². The number of anilines is 1. The fourth-order valence-electron chi connectivity index (χ4n) is 4.42. The second-order valence-corrected chi connectivity index (χ2v) is 9.72. The number of thiazole rings is 1. The summed E-state index contributed by atoms with van der Waals surface area (Å²) in [5.41, 5.74) is 2.88. The standard InChI is InChI=1S/C29H24N2O6S/c1-4-37-20-12-10-18(11-13-20)25(32)23-24(17-6-8-19(9-7-17)28(35)36-3)31(27(34)26(23)33)29-30-21-14-5-16(2)15-22(21)38-29/h5-15,24,32H,4H2,1-3H3/b25-23+. The smallest absolute Gasteiger partial charge is 0.337 e. The molecule has 0 saturated carbocycles. The molecule has 1 unspecified atom stereocenters. The summed E-state index contributed by atoms with van der Waals surface area (Å²) < 4.78 is 11.1.